The van der Waals surface area contributed by atoms with Crippen molar-refractivity contribution in [3.63, 3.8) is 0 Å². The van der Waals surface area contributed by atoms with Crippen molar-refractivity contribution in [3.05, 3.63) is 52.8 Å². The van der Waals surface area contributed by atoms with Crippen LogP contribution in [0.15, 0.2) is 41.2 Å². The van der Waals surface area contributed by atoms with E-state index in [0.29, 0.717) is 17.1 Å². The molecule has 5 nitrogen and oxygen atoms in total. The second kappa shape index (κ2) is 10.9. The average molecular weight is 656 g/mol. The maximum Gasteiger partial charge on any atom is 0.277 e. The van der Waals surface area contributed by atoms with Crippen LogP contribution < -0.4 is 14.9 Å². The highest BCUT2D eigenvalue weighted by Gasteiger charge is 2.17. The van der Waals surface area contributed by atoms with Crippen LogP contribution in [0.3, 0.4) is 0 Å². The smallest absolute Gasteiger partial charge is 0.277 e. The van der Waals surface area contributed by atoms with Crippen molar-refractivity contribution in [1.82, 2.24) is 5.43 Å². The summed E-state index contributed by atoms with van der Waals surface area (Å²) in [4.78, 5) is 12.2. The van der Waals surface area contributed by atoms with E-state index >= 15 is 0 Å². The molecule has 0 unspecified atom stereocenters. The molecule has 9 heteroatoms. The van der Waals surface area contributed by atoms with Gasteiger partial charge in [-0.2, -0.15) is 5.10 Å². The summed E-state index contributed by atoms with van der Waals surface area (Å²) in [6.45, 7) is 5.96. The SMILES string of the molecule is COc1c(Br)cc(Br)cc1C=NNC(=O)COc1c(C(C)C)cc(Br)c(C)c1Br. The van der Waals surface area contributed by atoms with E-state index in [2.05, 4.69) is 88.1 Å². The van der Waals surface area contributed by atoms with Crippen LogP contribution in [-0.4, -0.2) is 25.8 Å². The predicted octanol–water partition coefficient (Wildman–Crippen LogP) is 6.71. The summed E-state index contributed by atoms with van der Waals surface area (Å²) in [5, 5.41) is 4.01. The number of carbonyl (C=O) groups is 1. The molecule has 2 rings (SSSR count). The third-order valence-electron chi connectivity index (χ3n) is 4.03. The Hall–Kier alpha value is -0.900. The third kappa shape index (κ3) is 6.29. The maximum atomic E-state index is 12.2. The van der Waals surface area contributed by atoms with Crippen molar-refractivity contribution >= 4 is 75.8 Å². The molecule has 29 heavy (non-hydrogen) atoms. The average Bonchev–Trinajstić information content (AvgIpc) is 2.64. The van der Waals surface area contributed by atoms with E-state index in [0.717, 1.165) is 29.0 Å². The number of hydrogen-bond donors (Lipinski definition) is 1. The van der Waals surface area contributed by atoms with Gasteiger partial charge in [-0.05, 0) is 74.0 Å². The number of rotatable bonds is 7. The van der Waals surface area contributed by atoms with Gasteiger partial charge in [-0.15, -0.1) is 0 Å². The molecule has 0 aliphatic heterocycles. The molecule has 0 bridgehead atoms. The van der Waals surface area contributed by atoms with E-state index in [1.807, 2.05) is 25.1 Å². The lowest BCUT2D eigenvalue weighted by Gasteiger charge is -2.18. The number of hydrogen-bond acceptors (Lipinski definition) is 4. The van der Waals surface area contributed by atoms with Crippen molar-refractivity contribution < 1.29 is 14.3 Å². The minimum Gasteiger partial charge on any atom is -0.495 e. The van der Waals surface area contributed by atoms with Gasteiger partial charge in [0.05, 0.1) is 22.3 Å². The first-order chi connectivity index (χ1) is 13.6. The normalized spacial score (nSPS) is 11.2. The van der Waals surface area contributed by atoms with Crippen LogP contribution in [0.25, 0.3) is 0 Å². The van der Waals surface area contributed by atoms with Gasteiger partial charge in [0, 0.05) is 14.5 Å². The number of benzene rings is 2. The standard InChI is InChI=1S/C20H20Br4N2O3/c1-10(2)14-7-15(22)11(3)18(24)20(14)29-9-17(27)26-25-8-12-5-13(21)6-16(23)19(12)28-4/h5-8,10H,9H2,1-4H3,(H,26,27). The van der Waals surface area contributed by atoms with Crippen LogP contribution in [0.4, 0.5) is 0 Å². The Kier molecular flexibility index (Phi) is 9.18. The van der Waals surface area contributed by atoms with E-state index in [9.17, 15) is 4.79 Å². The van der Waals surface area contributed by atoms with Gasteiger partial charge >= 0.3 is 0 Å². The zero-order valence-electron chi connectivity index (χ0n) is 16.3. The first-order valence-electron chi connectivity index (χ1n) is 8.61. The lowest BCUT2D eigenvalue weighted by Crippen LogP contribution is -2.25. The van der Waals surface area contributed by atoms with Crippen LogP contribution in [0, 0.1) is 6.92 Å². The zero-order valence-corrected chi connectivity index (χ0v) is 22.6. The third-order valence-corrected chi connectivity index (χ3v) is 6.86. The molecule has 0 saturated carbocycles. The second-order valence-corrected chi connectivity index (χ2v) is 9.88. The van der Waals surface area contributed by atoms with Crippen LogP contribution in [0.1, 0.15) is 36.5 Å². The second-order valence-electron chi connectivity index (χ2n) is 6.46. The predicted molar refractivity (Wildman–Crippen MR) is 130 cm³/mol. The molecule has 156 valence electrons. The van der Waals surface area contributed by atoms with Crippen molar-refractivity contribution in [2.75, 3.05) is 13.7 Å². The fourth-order valence-corrected chi connectivity index (χ4v) is 5.21. The molecule has 0 aromatic heterocycles. The van der Waals surface area contributed by atoms with E-state index in [-0.39, 0.29) is 18.4 Å². The van der Waals surface area contributed by atoms with Gasteiger partial charge in [0.2, 0.25) is 0 Å². The Morgan fingerprint density at radius 1 is 1.14 bits per heavy atom. The minimum absolute atomic E-state index is 0.157. The number of ether oxygens (including phenoxy) is 2. The summed E-state index contributed by atoms with van der Waals surface area (Å²) in [5.41, 5.74) is 5.21. The van der Waals surface area contributed by atoms with Gasteiger partial charge in [-0.1, -0.05) is 45.7 Å². The Balaban J connectivity index is 2.09. The lowest BCUT2D eigenvalue weighted by molar-refractivity contribution is -0.123. The molecule has 0 heterocycles. The van der Waals surface area contributed by atoms with Gasteiger partial charge in [0.25, 0.3) is 5.91 Å². The van der Waals surface area contributed by atoms with Gasteiger partial charge in [0.1, 0.15) is 11.5 Å². The Bertz CT molecular complexity index is 946. The van der Waals surface area contributed by atoms with Crippen molar-refractivity contribution in [3.8, 4) is 11.5 Å². The summed E-state index contributed by atoms with van der Waals surface area (Å²) in [7, 11) is 1.57. The number of amides is 1. The molecular weight excluding hydrogens is 636 g/mol. The lowest BCUT2D eigenvalue weighted by atomic mass is 10.0. The van der Waals surface area contributed by atoms with Crippen molar-refractivity contribution in [2.45, 2.75) is 26.7 Å². The van der Waals surface area contributed by atoms with Crippen molar-refractivity contribution in [2.24, 2.45) is 5.10 Å². The number of carbonyl (C=O) groups excluding carboxylic acids is 1. The van der Waals surface area contributed by atoms with Gasteiger partial charge in [0.15, 0.2) is 6.61 Å². The maximum absolute atomic E-state index is 12.2. The zero-order chi connectivity index (χ0) is 21.7. The van der Waals surface area contributed by atoms with Gasteiger partial charge in [-0.3, -0.25) is 4.79 Å². The van der Waals surface area contributed by atoms with E-state index < -0.39 is 0 Å². The van der Waals surface area contributed by atoms with Crippen LogP contribution in [-0.2, 0) is 4.79 Å². The van der Waals surface area contributed by atoms with Crippen molar-refractivity contribution in [1.29, 1.82) is 0 Å². The first kappa shape index (κ1) is 24.4. The summed E-state index contributed by atoms with van der Waals surface area (Å²) >= 11 is 14.0. The molecule has 2 aromatic rings. The van der Waals surface area contributed by atoms with Crippen LogP contribution in [0.2, 0.25) is 0 Å². The molecule has 2 aromatic carbocycles. The number of nitrogens with one attached hydrogen (secondary N) is 1. The largest absolute Gasteiger partial charge is 0.495 e. The molecule has 0 aliphatic carbocycles. The van der Waals surface area contributed by atoms with E-state index in [4.69, 9.17) is 9.47 Å². The highest BCUT2D eigenvalue weighted by molar-refractivity contribution is 9.11. The monoisotopic (exact) mass is 652 g/mol. The molecule has 1 amide bonds. The molecular formula is C20H20Br4N2O3. The topological polar surface area (TPSA) is 59.9 Å². The molecule has 0 atom stereocenters. The highest BCUT2D eigenvalue weighted by atomic mass is 79.9. The van der Waals surface area contributed by atoms with Gasteiger partial charge in [-0.25, -0.2) is 5.43 Å². The fourth-order valence-electron chi connectivity index (χ4n) is 2.52. The summed E-state index contributed by atoms with van der Waals surface area (Å²) in [6.07, 6.45) is 1.52. The highest BCUT2D eigenvalue weighted by Crippen LogP contribution is 2.40. The summed E-state index contributed by atoms with van der Waals surface area (Å²) in [5.74, 6) is 1.16. The molecule has 0 aliphatic rings. The Morgan fingerprint density at radius 3 is 2.45 bits per heavy atom. The minimum atomic E-state index is -0.364. The number of methoxy groups -OCH3 is 1. The molecule has 0 radical (unpaired) electrons. The molecule has 0 fully saturated rings. The Labute approximate surface area is 204 Å². The first-order valence-corrected chi connectivity index (χ1v) is 11.8. The quantitative estimate of drug-likeness (QED) is 0.267. The van der Waals surface area contributed by atoms with E-state index in [1.54, 1.807) is 7.11 Å². The van der Waals surface area contributed by atoms with Gasteiger partial charge < -0.3 is 9.47 Å². The number of halogens is 4. The Morgan fingerprint density at radius 2 is 1.83 bits per heavy atom. The molecule has 0 spiro atoms. The number of nitrogens with zero attached hydrogens (tertiary/aromatic N) is 1. The molecule has 1 N–H and O–H groups in total. The summed E-state index contributed by atoms with van der Waals surface area (Å²) in [6, 6.07) is 5.73. The van der Waals surface area contributed by atoms with Crippen LogP contribution in [0.5, 0.6) is 11.5 Å². The molecule has 0 saturated heterocycles. The van der Waals surface area contributed by atoms with Crippen LogP contribution >= 0.6 is 63.7 Å². The number of hydrazone groups is 1. The summed E-state index contributed by atoms with van der Waals surface area (Å²) < 4.78 is 14.6. The fraction of sp³-hybridized carbons (Fsp3) is 0.300. The van der Waals surface area contributed by atoms with E-state index in [1.165, 1.54) is 6.21 Å².